The summed E-state index contributed by atoms with van der Waals surface area (Å²) in [6.45, 7) is 0.0855. The Labute approximate surface area is 81.0 Å². The normalized spacial score (nSPS) is 12.8. The Morgan fingerprint density at radius 2 is 2.14 bits per heavy atom. The van der Waals surface area contributed by atoms with Gasteiger partial charge in [-0.15, -0.1) is 0 Å². The first kappa shape index (κ1) is 9.17. The molecule has 74 valence electrons. The van der Waals surface area contributed by atoms with Crippen molar-refractivity contribution in [1.82, 2.24) is 0 Å². The summed E-state index contributed by atoms with van der Waals surface area (Å²) < 4.78 is 15.2. The second-order valence-corrected chi connectivity index (χ2v) is 2.79. The number of ether oxygens (including phenoxy) is 3. The van der Waals surface area contributed by atoms with E-state index < -0.39 is 7.12 Å². The van der Waals surface area contributed by atoms with Crippen LogP contribution in [-0.4, -0.2) is 31.1 Å². The Hall–Kier alpha value is -1.40. The first-order valence-corrected chi connectivity index (χ1v) is 4.06. The molecule has 1 aromatic rings. The molecule has 1 aliphatic rings. The molecule has 0 amide bonds. The standard InChI is InChI=1S/C8H9BO5/c1-12-5-2-3-6-8(14-4-13-6)7(5)9(10)11/h2-3,10-11H,4H2,1H3. The Bertz CT molecular complexity index is 352. The van der Waals surface area contributed by atoms with Gasteiger partial charge < -0.3 is 24.3 Å². The zero-order valence-corrected chi connectivity index (χ0v) is 7.56. The van der Waals surface area contributed by atoms with Crippen LogP contribution >= 0.6 is 0 Å². The van der Waals surface area contributed by atoms with Crippen molar-refractivity contribution in [2.75, 3.05) is 13.9 Å². The molecular weight excluding hydrogens is 187 g/mol. The van der Waals surface area contributed by atoms with Gasteiger partial charge in [-0.1, -0.05) is 0 Å². The molecule has 0 saturated heterocycles. The van der Waals surface area contributed by atoms with Crippen molar-refractivity contribution in [1.29, 1.82) is 0 Å². The van der Waals surface area contributed by atoms with Crippen LogP contribution in [0.25, 0.3) is 0 Å². The number of hydrogen-bond donors (Lipinski definition) is 2. The molecule has 5 nitrogen and oxygen atoms in total. The lowest BCUT2D eigenvalue weighted by atomic mass is 9.78. The zero-order valence-electron chi connectivity index (χ0n) is 7.56. The lowest BCUT2D eigenvalue weighted by Crippen LogP contribution is -2.32. The predicted octanol–water partition coefficient (Wildman–Crippen LogP) is -0.896. The fourth-order valence-electron chi connectivity index (χ4n) is 1.40. The lowest BCUT2D eigenvalue weighted by molar-refractivity contribution is 0.174. The van der Waals surface area contributed by atoms with Gasteiger partial charge in [-0.3, -0.25) is 0 Å². The highest BCUT2D eigenvalue weighted by molar-refractivity contribution is 6.61. The van der Waals surface area contributed by atoms with Crippen LogP contribution in [0.3, 0.4) is 0 Å². The van der Waals surface area contributed by atoms with Gasteiger partial charge >= 0.3 is 7.12 Å². The van der Waals surface area contributed by atoms with E-state index in [-0.39, 0.29) is 12.3 Å². The smallest absolute Gasteiger partial charge is 0.496 e. The van der Waals surface area contributed by atoms with Crippen molar-refractivity contribution in [3.05, 3.63) is 12.1 Å². The van der Waals surface area contributed by atoms with Crippen LogP contribution in [0, 0.1) is 0 Å². The molecule has 0 spiro atoms. The molecule has 2 rings (SSSR count). The Kier molecular flexibility index (Phi) is 2.22. The van der Waals surface area contributed by atoms with Crippen LogP contribution in [-0.2, 0) is 0 Å². The van der Waals surface area contributed by atoms with E-state index in [0.29, 0.717) is 17.2 Å². The van der Waals surface area contributed by atoms with Crippen molar-refractivity contribution in [2.45, 2.75) is 0 Å². The van der Waals surface area contributed by atoms with Gasteiger partial charge in [-0.25, -0.2) is 0 Å². The van der Waals surface area contributed by atoms with E-state index in [4.69, 9.17) is 24.3 Å². The summed E-state index contributed by atoms with van der Waals surface area (Å²) in [5, 5.41) is 18.3. The summed E-state index contributed by atoms with van der Waals surface area (Å²) in [4.78, 5) is 0. The summed E-state index contributed by atoms with van der Waals surface area (Å²) >= 11 is 0. The molecule has 1 aliphatic heterocycles. The topological polar surface area (TPSA) is 68.2 Å². The molecule has 0 aromatic heterocycles. The molecular formula is C8H9BO5. The van der Waals surface area contributed by atoms with Gasteiger partial charge in [0.1, 0.15) is 5.75 Å². The monoisotopic (exact) mass is 196 g/mol. The summed E-state index contributed by atoms with van der Waals surface area (Å²) in [6.07, 6.45) is 0. The van der Waals surface area contributed by atoms with Crippen molar-refractivity contribution in [2.24, 2.45) is 0 Å². The maximum absolute atomic E-state index is 9.14. The van der Waals surface area contributed by atoms with E-state index >= 15 is 0 Å². The van der Waals surface area contributed by atoms with Crippen LogP contribution in [0.4, 0.5) is 0 Å². The molecule has 0 unspecified atom stereocenters. The SMILES string of the molecule is COc1ccc2c(c1B(O)O)OCO2. The molecule has 14 heavy (non-hydrogen) atoms. The van der Waals surface area contributed by atoms with Gasteiger partial charge in [0, 0.05) is 0 Å². The van der Waals surface area contributed by atoms with Gasteiger partial charge in [0.2, 0.25) is 6.79 Å². The Balaban J connectivity index is 2.56. The fourth-order valence-corrected chi connectivity index (χ4v) is 1.40. The molecule has 6 heteroatoms. The minimum absolute atomic E-state index is 0.0855. The zero-order chi connectivity index (χ0) is 10.1. The highest BCUT2D eigenvalue weighted by Gasteiger charge is 2.28. The molecule has 0 fully saturated rings. The van der Waals surface area contributed by atoms with Crippen molar-refractivity contribution in [3.63, 3.8) is 0 Å². The summed E-state index contributed by atoms with van der Waals surface area (Å²) in [5.74, 6) is 1.19. The maximum atomic E-state index is 9.14. The van der Waals surface area contributed by atoms with Crippen LogP contribution in [0.2, 0.25) is 0 Å². The average molecular weight is 196 g/mol. The van der Waals surface area contributed by atoms with E-state index in [0.717, 1.165) is 0 Å². The van der Waals surface area contributed by atoms with Gasteiger partial charge in [-0.05, 0) is 12.1 Å². The van der Waals surface area contributed by atoms with E-state index in [2.05, 4.69) is 0 Å². The van der Waals surface area contributed by atoms with Crippen LogP contribution < -0.4 is 19.7 Å². The summed E-state index contributed by atoms with van der Waals surface area (Å²) in [6, 6.07) is 3.26. The first-order valence-electron chi connectivity index (χ1n) is 4.06. The minimum atomic E-state index is -1.64. The van der Waals surface area contributed by atoms with E-state index in [9.17, 15) is 0 Å². The maximum Gasteiger partial charge on any atom is 0.496 e. The van der Waals surface area contributed by atoms with Crippen molar-refractivity contribution < 1.29 is 24.3 Å². The molecule has 0 radical (unpaired) electrons. The quantitative estimate of drug-likeness (QED) is 0.600. The molecule has 0 aliphatic carbocycles. The molecule has 1 heterocycles. The van der Waals surface area contributed by atoms with Gasteiger partial charge in [0.05, 0.1) is 12.6 Å². The third-order valence-corrected chi connectivity index (χ3v) is 2.02. The third kappa shape index (κ3) is 1.28. The number of rotatable bonds is 2. The number of methoxy groups -OCH3 is 1. The molecule has 0 atom stereocenters. The van der Waals surface area contributed by atoms with Gasteiger partial charge in [0.25, 0.3) is 0 Å². The molecule has 0 saturated carbocycles. The molecule has 1 aromatic carbocycles. The molecule has 0 bridgehead atoms. The second kappa shape index (κ2) is 3.40. The summed E-state index contributed by atoms with van der Waals surface area (Å²) in [7, 11) is -0.190. The summed E-state index contributed by atoms with van der Waals surface area (Å²) in [5.41, 5.74) is 0.197. The van der Waals surface area contributed by atoms with Crippen LogP contribution in [0.5, 0.6) is 17.2 Å². The van der Waals surface area contributed by atoms with E-state index in [1.807, 2.05) is 0 Å². The number of benzene rings is 1. The second-order valence-electron chi connectivity index (χ2n) is 2.79. The highest BCUT2D eigenvalue weighted by atomic mass is 16.7. The predicted molar refractivity (Wildman–Crippen MR) is 48.9 cm³/mol. The average Bonchev–Trinajstić information content (AvgIpc) is 2.62. The van der Waals surface area contributed by atoms with E-state index in [1.165, 1.54) is 7.11 Å². The fraction of sp³-hybridized carbons (Fsp3) is 0.250. The van der Waals surface area contributed by atoms with E-state index in [1.54, 1.807) is 12.1 Å². The highest BCUT2D eigenvalue weighted by Crippen LogP contribution is 2.33. The first-order chi connectivity index (χ1) is 6.74. The van der Waals surface area contributed by atoms with Crippen LogP contribution in [0.1, 0.15) is 0 Å². The largest absolute Gasteiger partial charge is 0.497 e. The lowest BCUT2D eigenvalue weighted by Gasteiger charge is -2.09. The van der Waals surface area contributed by atoms with Crippen LogP contribution in [0.15, 0.2) is 12.1 Å². The third-order valence-electron chi connectivity index (χ3n) is 2.02. The van der Waals surface area contributed by atoms with Crippen molar-refractivity contribution in [3.8, 4) is 17.2 Å². The number of hydrogen-bond acceptors (Lipinski definition) is 5. The number of fused-ring (bicyclic) bond motifs is 1. The van der Waals surface area contributed by atoms with Crippen molar-refractivity contribution >= 4 is 12.6 Å². The molecule has 2 N–H and O–H groups in total. The van der Waals surface area contributed by atoms with Gasteiger partial charge in [-0.2, -0.15) is 0 Å². The van der Waals surface area contributed by atoms with Gasteiger partial charge in [0.15, 0.2) is 11.5 Å². The Morgan fingerprint density at radius 1 is 1.36 bits per heavy atom. The minimum Gasteiger partial charge on any atom is -0.497 e. The Morgan fingerprint density at radius 3 is 2.79 bits per heavy atom.